The van der Waals surface area contributed by atoms with E-state index in [2.05, 4.69) is 15.6 Å². The second kappa shape index (κ2) is 7.80. The molecule has 146 valence electrons. The highest BCUT2D eigenvalue weighted by Gasteiger charge is 2.30. The number of rotatable bonds is 3. The zero-order valence-corrected chi connectivity index (χ0v) is 16.7. The molecule has 2 aromatic rings. The number of hydrogen-bond donors (Lipinski definition) is 3. The first-order valence-corrected chi connectivity index (χ1v) is 9.68. The van der Waals surface area contributed by atoms with Gasteiger partial charge in [0.1, 0.15) is 11.3 Å². The number of fused-ring (bicyclic) bond motifs is 1. The molecule has 1 aliphatic rings. The van der Waals surface area contributed by atoms with Crippen LogP contribution in [0, 0.1) is 0 Å². The highest BCUT2D eigenvalue weighted by molar-refractivity contribution is 6.31. The number of benzene rings is 1. The summed E-state index contributed by atoms with van der Waals surface area (Å²) in [4.78, 5) is 27.9. The molecule has 7 heteroatoms. The number of hydrogen-bond acceptors (Lipinski definition) is 3. The fourth-order valence-electron chi connectivity index (χ4n) is 3.41. The van der Waals surface area contributed by atoms with Crippen molar-refractivity contribution in [2.45, 2.75) is 64.1 Å². The van der Waals surface area contributed by atoms with Crippen molar-refractivity contribution in [2.24, 2.45) is 0 Å². The summed E-state index contributed by atoms with van der Waals surface area (Å²) < 4.78 is 5.35. The van der Waals surface area contributed by atoms with Crippen molar-refractivity contribution in [2.75, 3.05) is 0 Å². The molecule has 2 atom stereocenters. The molecule has 3 N–H and O–H groups in total. The maximum Gasteiger partial charge on any atom is 0.407 e. The molecular weight excluding hydrogens is 366 g/mol. The van der Waals surface area contributed by atoms with Crippen LogP contribution in [0.4, 0.5) is 4.79 Å². The van der Waals surface area contributed by atoms with Crippen molar-refractivity contribution < 1.29 is 14.3 Å². The zero-order valence-electron chi connectivity index (χ0n) is 15.9. The normalized spacial score (nSPS) is 20.3. The quantitative estimate of drug-likeness (QED) is 0.725. The van der Waals surface area contributed by atoms with E-state index in [0.29, 0.717) is 10.7 Å². The number of carbonyl (C=O) groups is 2. The molecule has 27 heavy (non-hydrogen) atoms. The Morgan fingerprint density at radius 2 is 1.78 bits per heavy atom. The van der Waals surface area contributed by atoms with Crippen LogP contribution in [0.5, 0.6) is 0 Å². The zero-order chi connectivity index (χ0) is 19.6. The Morgan fingerprint density at radius 1 is 1.11 bits per heavy atom. The number of halogens is 1. The summed E-state index contributed by atoms with van der Waals surface area (Å²) in [6.07, 6.45) is 3.20. The average Bonchev–Trinajstić information content (AvgIpc) is 2.98. The van der Waals surface area contributed by atoms with E-state index in [0.717, 1.165) is 36.6 Å². The van der Waals surface area contributed by atoms with Crippen LogP contribution >= 0.6 is 11.6 Å². The summed E-state index contributed by atoms with van der Waals surface area (Å²) in [5.41, 5.74) is 0.786. The van der Waals surface area contributed by atoms with Crippen molar-refractivity contribution in [3.8, 4) is 0 Å². The SMILES string of the molecule is CC(C)(C)OC(=O)N[C@H]1CCCC[C@@H]1NC(=O)c1cc2cc(Cl)ccc2[nH]1. The smallest absolute Gasteiger partial charge is 0.407 e. The van der Waals surface area contributed by atoms with Gasteiger partial charge >= 0.3 is 6.09 Å². The standard InChI is InChI=1S/C20H26ClN3O3/c1-20(2,3)27-19(26)24-16-7-5-4-6-15(16)23-18(25)17-11-12-10-13(21)8-9-14(12)22-17/h8-11,15-16,22H,4-7H2,1-3H3,(H,23,25)(H,24,26)/t15-,16-/m0/s1. The maximum atomic E-state index is 12.7. The van der Waals surface area contributed by atoms with Gasteiger partial charge in [-0.05, 0) is 57.9 Å². The second-order valence-corrected chi connectivity index (χ2v) is 8.47. The lowest BCUT2D eigenvalue weighted by atomic mass is 9.90. The summed E-state index contributed by atoms with van der Waals surface area (Å²) >= 11 is 6.01. The first-order valence-electron chi connectivity index (χ1n) is 9.30. The summed E-state index contributed by atoms with van der Waals surface area (Å²) in [7, 11) is 0. The van der Waals surface area contributed by atoms with Crippen LogP contribution in [-0.2, 0) is 4.74 Å². The Hall–Kier alpha value is -2.21. The Balaban J connectivity index is 1.67. The first kappa shape index (κ1) is 19.5. The van der Waals surface area contributed by atoms with Gasteiger partial charge in [-0.2, -0.15) is 0 Å². The predicted molar refractivity (Wildman–Crippen MR) is 106 cm³/mol. The van der Waals surface area contributed by atoms with Crippen molar-refractivity contribution >= 4 is 34.5 Å². The number of alkyl carbamates (subject to hydrolysis) is 1. The molecule has 0 spiro atoms. The van der Waals surface area contributed by atoms with E-state index in [4.69, 9.17) is 16.3 Å². The van der Waals surface area contributed by atoms with E-state index in [1.165, 1.54) is 0 Å². The summed E-state index contributed by atoms with van der Waals surface area (Å²) in [6.45, 7) is 5.48. The van der Waals surface area contributed by atoms with Crippen LogP contribution in [-0.4, -0.2) is 34.7 Å². The highest BCUT2D eigenvalue weighted by Crippen LogP contribution is 2.22. The molecule has 0 bridgehead atoms. The van der Waals surface area contributed by atoms with Gasteiger partial charge in [-0.15, -0.1) is 0 Å². The average molecular weight is 392 g/mol. The van der Waals surface area contributed by atoms with Gasteiger partial charge in [-0.25, -0.2) is 4.79 Å². The molecule has 0 aliphatic heterocycles. The summed E-state index contributed by atoms with van der Waals surface area (Å²) in [5.74, 6) is -0.190. The van der Waals surface area contributed by atoms with Gasteiger partial charge in [0.25, 0.3) is 5.91 Å². The van der Waals surface area contributed by atoms with Gasteiger partial charge in [0.05, 0.1) is 6.04 Å². The molecule has 1 fully saturated rings. The summed E-state index contributed by atoms with van der Waals surface area (Å²) in [5, 5.41) is 7.48. The molecule has 6 nitrogen and oxygen atoms in total. The Morgan fingerprint density at radius 3 is 2.44 bits per heavy atom. The van der Waals surface area contributed by atoms with Crippen LogP contribution in [0.2, 0.25) is 5.02 Å². The van der Waals surface area contributed by atoms with E-state index in [1.54, 1.807) is 12.1 Å². The van der Waals surface area contributed by atoms with E-state index < -0.39 is 11.7 Å². The topological polar surface area (TPSA) is 83.2 Å². The fraction of sp³-hybridized carbons (Fsp3) is 0.500. The molecule has 0 unspecified atom stereocenters. The third-order valence-corrected chi connectivity index (χ3v) is 4.85. The fourth-order valence-corrected chi connectivity index (χ4v) is 3.59. The molecule has 0 radical (unpaired) electrons. The number of aromatic nitrogens is 1. The van der Waals surface area contributed by atoms with Crippen LogP contribution in [0.15, 0.2) is 24.3 Å². The second-order valence-electron chi connectivity index (χ2n) is 8.03. The first-order chi connectivity index (χ1) is 12.7. The van der Waals surface area contributed by atoms with Crippen LogP contribution in [0.25, 0.3) is 10.9 Å². The Labute approximate surface area is 164 Å². The van der Waals surface area contributed by atoms with Crippen molar-refractivity contribution in [1.29, 1.82) is 0 Å². The van der Waals surface area contributed by atoms with Crippen LogP contribution < -0.4 is 10.6 Å². The minimum Gasteiger partial charge on any atom is -0.444 e. The highest BCUT2D eigenvalue weighted by atomic mass is 35.5. The maximum absolute atomic E-state index is 12.7. The summed E-state index contributed by atoms with van der Waals surface area (Å²) in [6, 6.07) is 6.96. The number of amides is 2. The molecule has 1 aromatic heterocycles. The van der Waals surface area contributed by atoms with E-state index in [-0.39, 0.29) is 18.0 Å². The molecule has 1 aliphatic carbocycles. The third-order valence-electron chi connectivity index (χ3n) is 4.61. The number of ether oxygens (including phenoxy) is 1. The van der Waals surface area contributed by atoms with Gasteiger partial charge in [0, 0.05) is 22.0 Å². The largest absolute Gasteiger partial charge is 0.444 e. The van der Waals surface area contributed by atoms with E-state index in [9.17, 15) is 9.59 Å². The molecule has 1 heterocycles. The lowest BCUT2D eigenvalue weighted by Crippen LogP contribution is -2.54. The van der Waals surface area contributed by atoms with E-state index in [1.807, 2.05) is 32.9 Å². The molecule has 2 amide bonds. The molecule has 1 saturated carbocycles. The Bertz CT molecular complexity index is 841. The predicted octanol–water partition coefficient (Wildman–Crippen LogP) is 4.39. The Kier molecular flexibility index (Phi) is 5.65. The number of aromatic amines is 1. The van der Waals surface area contributed by atoms with Crippen LogP contribution in [0.1, 0.15) is 56.9 Å². The number of carbonyl (C=O) groups excluding carboxylic acids is 2. The molecule has 0 saturated heterocycles. The van der Waals surface area contributed by atoms with Gasteiger partial charge in [0.2, 0.25) is 0 Å². The lowest BCUT2D eigenvalue weighted by molar-refractivity contribution is 0.0474. The monoisotopic (exact) mass is 391 g/mol. The van der Waals surface area contributed by atoms with Crippen molar-refractivity contribution in [3.05, 3.63) is 35.0 Å². The van der Waals surface area contributed by atoms with Crippen LogP contribution in [0.3, 0.4) is 0 Å². The van der Waals surface area contributed by atoms with Crippen molar-refractivity contribution in [3.63, 3.8) is 0 Å². The molecule has 3 rings (SSSR count). The minimum absolute atomic E-state index is 0.131. The van der Waals surface area contributed by atoms with Gasteiger partial charge in [-0.3, -0.25) is 4.79 Å². The molecule has 1 aromatic carbocycles. The molecular formula is C20H26ClN3O3. The number of H-pyrrole nitrogens is 1. The van der Waals surface area contributed by atoms with Gasteiger partial charge in [-0.1, -0.05) is 24.4 Å². The van der Waals surface area contributed by atoms with Crippen molar-refractivity contribution in [1.82, 2.24) is 15.6 Å². The minimum atomic E-state index is -0.552. The number of nitrogens with one attached hydrogen (secondary N) is 3. The third kappa shape index (κ3) is 5.16. The lowest BCUT2D eigenvalue weighted by Gasteiger charge is -2.33. The van der Waals surface area contributed by atoms with Gasteiger partial charge in [0.15, 0.2) is 0 Å². The van der Waals surface area contributed by atoms with E-state index >= 15 is 0 Å². The van der Waals surface area contributed by atoms with Gasteiger partial charge < -0.3 is 20.4 Å².